The third kappa shape index (κ3) is 2.91. The van der Waals surface area contributed by atoms with Gasteiger partial charge < -0.3 is 10.3 Å². The number of rotatable bonds is 3. The molecule has 0 spiro atoms. The topological polar surface area (TPSA) is 64.9 Å². The largest absolute Gasteiger partial charge is 0.398 e. The van der Waals surface area contributed by atoms with Crippen LogP contribution in [0.5, 0.6) is 0 Å². The number of anilines is 1. The fourth-order valence-corrected chi connectivity index (χ4v) is 3.13. The van der Waals surface area contributed by atoms with Crippen LogP contribution in [0.4, 0.5) is 10.1 Å². The van der Waals surface area contributed by atoms with E-state index < -0.39 is 0 Å². The molecule has 2 atom stereocenters. The summed E-state index contributed by atoms with van der Waals surface area (Å²) in [5.74, 6) is 1.88. The Hall–Kier alpha value is -1.91. The summed E-state index contributed by atoms with van der Waals surface area (Å²) >= 11 is 0. The molecule has 1 aromatic heterocycles. The third-order valence-corrected chi connectivity index (χ3v) is 4.41. The minimum absolute atomic E-state index is 0.320. The summed E-state index contributed by atoms with van der Waals surface area (Å²) in [6, 6.07) is 4.20. The minimum Gasteiger partial charge on any atom is -0.398 e. The summed E-state index contributed by atoms with van der Waals surface area (Å²) in [6.07, 6.45) is 5.93. The van der Waals surface area contributed by atoms with Crippen LogP contribution >= 0.6 is 0 Å². The molecule has 1 saturated carbocycles. The molecule has 0 radical (unpaired) electrons. The predicted octanol–water partition coefficient (Wildman–Crippen LogP) is 4.14. The number of hydrogen-bond acceptors (Lipinski definition) is 4. The highest BCUT2D eigenvalue weighted by Crippen LogP contribution is 2.37. The van der Waals surface area contributed by atoms with Crippen molar-refractivity contribution in [2.24, 2.45) is 5.92 Å². The molecule has 2 N–H and O–H groups in total. The summed E-state index contributed by atoms with van der Waals surface area (Å²) in [5.41, 5.74) is 6.73. The SMILES string of the molecule is CCC1CCCC(c2noc(-c3ccc(F)cc3N)n2)C1. The average molecular weight is 289 g/mol. The van der Waals surface area contributed by atoms with Crippen molar-refractivity contribution in [3.05, 3.63) is 29.8 Å². The number of nitrogens with zero attached hydrogens (tertiary/aromatic N) is 2. The highest BCUT2D eigenvalue weighted by Gasteiger charge is 2.26. The van der Waals surface area contributed by atoms with E-state index in [1.807, 2.05) is 0 Å². The van der Waals surface area contributed by atoms with Crippen molar-refractivity contribution >= 4 is 5.69 Å². The molecular weight excluding hydrogens is 269 g/mol. The molecule has 0 aliphatic heterocycles. The Labute approximate surface area is 123 Å². The smallest absolute Gasteiger partial charge is 0.260 e. The molecule has 0 amide bonds. The van der Waals surface area contributed by atoms with Crippen LogP contribution in [-0.4, -0.2) is 10.1 Å². The maximum absolute atomic E-state index is 13.1. The van der Waals surface area contributed by atoms with Crippen molar-refractivity contribution in [1.82, 2.24) is 10.1 Å². The number of benzene rings is 1. The molecule has 1 aliphatic carbocycles. The number of aromatic nitrogens is 2. The Morgan fingerprint density at radius 1 is 1.38 bits per heavy atom. The zero-order chi connectivity index (χ0) is 14.8. The van der Waals surface area contributed by atoms with Crippen molar-refractivity contribution in [1.29, 1.82) is 0 Å². The molecule has 112 valence electrons. The van der Waals surface area contributed by atoms with Crippen LogP contribution in [0.2, 0.25) is 0 Å². The summed E-state index contributed by atoms with van der Waals surface area (Å²) in [4.78, 5) is 4.48. The number of hydrogen-bond donors (Lipinski definition) is 1. The Bertz CT molecular complexity index is 626. The van der Waals surface area contributed by atoms with Gasteiger partial charge in [0.25, 0.3) is 5.89 Å². The molecule has 1 fully saturated rings. The normalized spacial score (nSPS) is 22.4. The molecule has 0 bridgehead atoms. The van der Waals surface area contributed by atoms with Crippen LogP contribution < -0.4 is 5.73 Å². The van der Waals surface area contributed by atoms with E-state index in [2.05, 4.69) is 17.1 Å². The predicted molar refractivity (Wildman–Crippen MR) is 79.1 cm³/mol. The van der Waals surface area contributed by atoms with Gasteiger partial charge in [-0.2, -0.15) is 4.98 Å². The van der Waals surface area contributed by atoms with Gasteiger partial charge in [-0.25, -0.2) is 4.39 Å². The van der Waals surface area contributed by atoms with E-state index in [9.17, 15) is 4.39 Å². The molecule has 1 heterocycles. The van der Waals surface area contributed by atoms with Crippen LogP contribution in [0.1, 0.15) is 50.8 Å². The molecule has 3 rings (SSSR count). The third-order valence-electron chi connectivity index (χ3n) is 4.41. The summed E-state index contributed by atoms with van der Waals surface area (Å²) in [5, 5.41) is 4.11. The summed E-state index contributed by atoms with van der Waals surface area (Å²) < 4.78 is 18.4. The molecular formula is C16H20FN3O. The van der Waals surface area contributed by atoms with Crippen molar-refractivity contribution in [2.45, 2.75) is 44.9 Å². The molecule has 2 unspecified atom stereocenters. The Kier molecular flexibility index (Phi) is 3.90. The fourth-order valence-electron chi connectivity index (χ4n) is 3.13. The maximum Gasteiger partial charge on any atom is 0.260 e. The fraction of sp³-hybridized carbons (Fsp3) is 0.500. The Balaban J connectivity index is 1.83. The quantitative estimate of drug-likeness (QED) is 0.862. The van der Waals surface area contributed by atoms with Gasteiger partial charge in [0, 0.05) is 11.6 Å². The first kappa shape index (κ1) is 14.0. The molecule has 1 aromatic carbocycles. The van der Waals surface area contributed by atoms with Crippen LogP contribution in [0.3, 0.4) is 0 Å². The van der Waals surface area contributed by atoms with E-state index in [0.29, 0.717) is 23.1 Å². The highest BCUT2D eigenvalue weighted by molar-refractivity contribution is 5.70. The van der Waals surface area contributed by atoms with E-state index in [1.165, 1.54) is 31.4 Å². The first-order valence-electron chi connectivity index (χ1n) is 7.56. The first-order valence-corrected chi connectivity index (χ1v) is 7.56. The molecule has 0 saturated heterocycles. The van der Waals surface area contributed by atoms with E-state index in [1.54, 1.807) is 6.07 Å². The number of nitrogens with two attached hydrogens (primary N) is 1. The van der Waals surface area contributed by atoms with E-state index in [4.69, 9.17) is 10.3 Å². The minimum atomic E-state index is -0.367. The Morgan fingerprint density at radius 3 is 3.00 bits per heavy atom. The van der Waals surface area contributed by atoms with Crippen LogP contribution in [0.15, 0.2) is 22.7 Å². The lowest BCUT2D eigenvalue weighted by molar-refractivity contribution is 0.300. The van der Waals surface area contributed by atoms with Gasteiger partial charge in [0.1, 0.15) is 5.82 Å². The van der Waals surface area contributed by atoms with Crippen molar-refractivity contribution in [3.63, 3.8) is 0 Å². The molecule has 1 aliphatic rings. The van der Waals surface area contributed by atoms with Crippen LogP contribution in [-0.2, 0) is 0 Å². The van der Waals surface area contributed by atoms with E-state index in [-0.39, 0.29) is 5.82 Å². The summed E-state index contributed by atoms with van der Waals surface area (Å²) in [7, 11) is 0. The van der Waals surface area contributed by atoms with Gasteiger partial charge in [-0.15, -0.1) is 0 Å². The monoisotopic (exact) mass is 289 g/mol. The lowest BCUT2D eigenvalue weighted by atomic mass is 9.80. The van der Waals surface area contributed by atoms with Gasteiger partial charge in [-0.05, 0) is 37.0 Å². The van der Waals surface area contributed by atoms with Crippen molar-refractivity contribution in [2.75, 3.05) is 5.73 Å². The zero-order valence-corrected chi connectivity index (χ0v) is 12.2. The number of nitrogen functional groups attached to an aromatic ring is 1. The van der Waals surface area contributed by atoms with Gasteiger partial charge in [0.15, 0.2) is 5.82 Å². The zero-order valence-electron chi connectivity index (χ0n) is 12.2. The van der Waals surface area contributed by atoms with Crippen molar-refractivity contribution in [3.8, 4) is 11.5 Å². The second kappa shape index (κ2) is 5.84. The van der Waals surface area contributed by atoms with Gasteiger partial charge in [-0.3, -0.25) is 0 Å². The second-order valence-corrected chi connectivity index (χ2v) is 5.83. The first-order chi connectivity index (χ1) is 10.2. The van der Waals surface area contributed by atoms with Crippen LogP contribution in [0, 0.1) is 11.7 Å². The van der Waals surface area contributed by atoms with Gasteiger partial charge in [0.2, 0.25) is 0 Å². The van der Waals surface area contributed by atoms with Gasteiger partial charge in [0.05, 0.1) is 5.56 Å². The maximum atomic E-state index is 13.1. The lowest BCUT2D eigenvalue weighted by Crippen LogP contribution is -2.14. The average Bonchev–Trinajstić information content (AvgIpc) is 2.97. The highest BCUT2D eigenvalue weighted by atomic mass is 19.1. The molecule has 5 heteroatoms. The van der Waals surface area contributed by atoms with Crippen molar-refractivity contribution < 1.29 is 8.91 Å². The molecule has 21 heavy (non-hydrogen) atoms. The second-order valence-electron chi connectivity index (χ2n) is 5.83. The number of halogens is 1. The lowest BCUT2D eigenvalue weighted by Gasteiger charge is -2.26. The summed E-state index contributed by atoms with van der Waals surface area (Å²) in [6.45, 7) is 2.23. The van der Waals surface area contributed by atoms with Gasteiger partial charge >= 0.3 is 0 Å². The standard InChI is InChI=1S/C16H20FN3O/c1-2-10-4-3-5-11(8-10)15-19-16(21-20-15)13-7-6-12(17)9-14(13)18/h6-7,9-11H,2-5,8,18H2,1H3. The van der Waals surface area contributed by atoms with E-state index in [0.717, 1.165) is 24.6 Å². The van der Waals surface area contributed by atoms with Crippen LogP contribution in [0.25, 0.3) is 11.5 Å². The van der Waals surface area contributed by atoms with Gasteiger partial charge in [-0.1, -0.05) is 31.3 Å². The molecule has 4 nitrogen and oxygen atoms in total. The van der Waals surface area contributed by atoms with E-state index >= 15 is 0 Å². The Morgan fingerprint density at radius 2 is 2.24 bits per heavy atom. The molecule has 2 aromatic rings.